The van der Waals surface area contributed by atoms with Gasteiger partial charge in [0.05, 0.1) is 11.0 Å². The summed E-state index contributed by atoms with van der Waals surface area (Å²) in [5.41, 5.74) is 3.52. The summed E-state index contributed by atoms with van der Waals surface area (Å²) < 4.78 is 7.02. The molecule has 0 unspecified atom stereocenters. The molecule has 0 spiro atoms. The first kappa shape index (κ1) is 18.1. The highest BCUT2D eigenvalue weighted by atomic mass is 35.5. The van der Waals surface area contributed by atoms with Gasteiger partial charge >= 0.3 is 0 Å². The summed E-state index contributed by atoms with van der Waals surface area (Å²) in [6, 6.07) is 13.1. The van der Waals surface area contributed by atoms with Crippen LogP contribution in [0, 0.1) is 6.92 Å². The van der Waals surface area contributed by atoms with Gasteiger partial charge in [-0.05, 0) is 49.8 Å². The molecule has 4 rings (SSSR count). The van der Waals surface area contributed by atoms with Crippen molar-refractivity contribution in [3.05, 3.63) is 75.0 Å². The van der Waals surface area contributed by atoms with Gasteiger partial charge in [-0.25, -0.2) is 4.98 Å². The Morgan fingerprint density at radius 3 is 2.75 bits per heavy atom. The second kappa shape index (κ2) is 7.40. The topological polar surface area (TPSA) is 73.8 Å². The fourth-order valence-electron chi connectivity index (χ4n) is 3.02. The van der Waals surface area contributed by atoms with Gasteiger partial charge in [0.25, 0.3) is 11.4 Å². The molecule has 28 heavy (non-hydrogen) atoms. The largest absolute Gasteiger partial charge is 0.334 e. The van der Waals surface area contributed by atoms with Crippen LogP contribution in [0.2, 0.25) is 5.02 Å². The lowest BCUT2D eigenvalue weighted by Gasteiger charge is -2.09. The lowest BCUT2D eigenvalue weighted by atomic mass is 10.1. The number of halogens is 1. The molecule has 140 valence electrons. The van der Waals surface area contributed by atoms with Crippen LogP contribution in [-0.4, -0.2) is 19.7 Å². The van der Waals surface area contributed by atoms with Crippen molar-refractivity contribution >= 4 is 34.8 Å². The fraction of sp³-hybridized carbons (Fsp3) is 0.143. The van der Waals surface area contributed by atoms with E-state index in [0.717, 1.165) is 22.2 Å². The third kappa shape index (κ3) is 3.34. The van der Waals surface area contributed by atoms with Crippen LogP contribution in [0.4, 0.5) is 0 Å². The molecule has 0 aliphatic rings. The van der Waals surface area contributed by atoms with Crippen LogP contribution >= 0.6 is 11.6 Å². The van der Waals surface area contributed by atoms with Crippen molar-refractivity contribution in [3.8, 4) is 11.4 Å². The SMILES string of the molecule is CCn1c(=O)c(C)nc2cc(-c3noc(/C=C/c4ccccc4Cl)n3)ccc21. The minimum Gasteiger partial charge on any atom is -0.334 e. The molecule has 0 N–H and O–H groups in total. The van der Waals surface area contributed by atoms with E-state index in [0.29, 0.717) is 29.0 Å². The minimum atomic E-state index is -0.0747. The molecule has 0 amide bonds. The van der Waals surface area contributed by atoms with E-state index in [2.05, 4.69) is 15.1 Å². The van der Waals surface area contributed by atoms with Crippen LogP contribution in [0.15, 0.2) is 51.8 Å². The summed E-state index contributed by atoms with van der Waals surface area (Å²) in [6.45, 7) is 4.23. The molecule has 0 aliphatic heterocycles. The maximum atomic E-state index is 12.2. The van der Waals surface area contributed by atoms with Crippen LogP contribution in [0.25, 0.3) is 34.6 Å². The molecule has 7 heteroatoms. The van der Waals surface area contributed by atoms with Crippen LogP contribution < -0.4 is 5.56 Å². The van der Waals surface area contributed by atoms with Gasteiger partial charge in [-0.1, -0.05) is 35.0 Å². The lowest BCUT2D eigenvalue weighted by molar-refractivity contribution is 0.411. The van der Waals surface area contributed by atoms with Crippen LogP contribution in [0.5, 0.6) is 0 Å². The fourth-order valence-corrected chi connectivity index (χ4v) is 3.22. The average Bonchev–Trinajstić information content (AvgIpc) is 3.17. The Balaban J connectivity index is 1.69. The van der Waals surface area contributed by atoms with Crippen molar-refractivity contribution in [1.82, 2.24) is 19.7 Å². The lowest BCUT2D eigenvalue weighted by Crippen LogP contribution is -2.23. The van der Waals surface area contributed by atoms with Crippen molar-refractivity contribution < 1.29 is 4.52 Å². The van der Waals surface area contributed by atoms with E-state index in [1.807, 2.05) is 55.5 Å². The number of hydrogen-bond donors (Lipinski definition) is 0. The summed E-state index contributed by atoms with van der Waals surface area (Å²) in [7, 11) is 0. The summed E-state index contributed by atoms with van der Waals surface area (Å²) in [4.78, 5) is 21.1. The number of hydrogen-bond acceptors (Lipinski definition) is 5. The second-order valence-electron chi connectivity index (χ2n) is 6.26. The van der Waals surface area contributed by atoms with Crippen LogP contribution in [0.3, 0.4) is 0 Å². The van der Waals surface area contributed by atoms with Gasteiger partial charge < -0.3 is 9.09 Å². The minimum absolute atomic E-state index is 0.0747. The highest BCUT2D eigenvalue weighted by Gasteiger charge is 2.11. The standard InChI is InChI=1S/C21H17ClN4O2/c1-3-26-18-10-8-15(12-17(18)23-13(2)21(26)27)20-24-19(28-25-20)11-9-14-6-4-5-7-16(14)22/h4-12H,3H2,1-2H3/b11-9+. The van der Waals surface area contributed by atoms with Gasteiger partial charge in [0.15, 0.2) is 0 Å². The molecule has 2 aromatic carbocycles. The van der Waals surface area contributed by atoms with E-state index in [1.54, 1.807) is 17.6 Å². The highest BCUT2D eigenvalue weighted by molar-refractivity contribution is 6.32. The smallest absolute Gasteiger partial charge is 0.272 e. The predicted octanol–water partition coefficient (Wildman–Crippen LogP) is 4.60. The summed E-state index contributed by atoms with van der Waals surface area (Å²) in [5.74, 6) is 0.826. The summed E-state index contributed by atoms with van der Waals surface area (Å²) >= 11 is 6.15. The van der Waals surface area contributed by atoms with Crippen molar-refractivity contribution in [2.24, 2.45) is 0 Å². The normalized spacial score (nSPS) is 11.5. The number of nitrogens with zero attached hydrogens (tertiary/aromatic N) is 4. The Bertz CT molecular complexity index is 1260. The predicted molar refractivity (Wildman–Crippen MR) is 110 cm³/mol. The zero-order valence-corrected chi connectivity index (χ0v) is 16.1. The second-order valence-corrected chi connectivity index (χ2v) is 6.67. The first-order valence-electron chi connectivity index (χ1n) is 8.84. The van der Waals surface area contributed by atoms with Gasteiger partial charge in [-0.3, -0.25) is 4.79 Å². The third-order valence-electron chi connectivity index (χ3n) is 4.44. The van der Waals surface area contributed by atoms with Gasteiger partial charge in [0.1, 0.15) is 5.69 Å². The quantitative estimate of drug-likeness (QED) is 0.507. The zero-order chi connectivity index (χ0) is 19.7. The van der Waals surface area contributed by atoms with E-state index in [9.17, 15) is 4.79 Å². The summed E-state index contributed by atoms with van der Waals surface area (Å²) in [6.07, 6.45) is 3.54. The molecule has 2 heterocycles. The molecule has 0 aliphatic carbocycles. The van der Waals surface area contributed by atoms with E-state index < -0.39 is 0 Å². The molecular formula is C21H17ClN4O2. The zero-order valence-electron chi connectivity index (χ0n) is 15.4. The molecule has 0 fully saturated rings. The number of aryl methyl sites for hydroxylation is 2. The van der Waals surface area contributed by atoms with Crippen LogP contribution in [-0.2, 0) is 6.54 Å². The van der Waals surface area contributed by atoms with Crippen molar-refractivity contribution in [1.29, 1.82) is 0 Å². The van der Waals surface area contributed by atoms with Gasteiger partial charge in [-0.2, -0.15) is 4.98 Å². The third-order valence-corrected chi connectivity index (χ3v) is 4.78. The van der Waals surface area contributed by atoms with Gasteiger partial charge in [-0.15, -0.1) is 0 Å². The molecule has 2 aromatic heterocycles. The van der Waals surface area contributed by atoms with Crippen LogP contribution in [0.1, 0.15) is 24.1 Å². The number of rotatable bonds is 4. The molecule has 4 aromatic rings. The highest BCUT2D eigenvalue weighted by Crippen LogP contribution is 2.22. The molecule has 0 radical (unpaired) electrons. The Morgan fingerprint density at radius 1 is 1.14 bits per heavy atom. The first-order valence-corrected chi connectivity index (χ1v) is 9.22. The van der Waals surface area contributed by atoms with E-state index >= 15 is 0 Å². The molecule has 6 nitrogen and oxygen atoms in total. The van der Waals surface area contributed by atoms with Crippen molar-refractivity contribution in [2.45, 2.75) is 20.4 Å². The Morgan fingerprint density at radius 2 is 1.96 bits per heavy atom. The van der Waals surface area contributed by atoms with E-state index in [4.69, 9.17) is 16.1 Å². The van der Waals surface area contributed by atoms with E-state index in [1.165, 1.54) is 0 Å². The molecule has 0 atom stereocenters. The van der Waals surface area contributed by atoms with Crippen molar-refractivity contribution in [2.75, 3.05) is 0 Å². The number of aromatic nitrogens is 4. The Labute approximate surface area is 166 Å². The monoisotopic (exact) mass is 392 g/mol. The number of benzene rings is 2. The molecular weight excluding hydrogens is 376 g/mol. The van der Waals surface area contributed by atoms with Gasteiger partial charge in [0, 0.05) is 23.2 Å². The van der Waals surface area contributed by atoms with Gasteiger partial charge in [0.2, 0.25) is 5.82 Å². The Hall–Kier alpha value is -3.25. The molecule has 0 saturated carbocycles. The number of fused-ring (bicyclic) bond motifs is 1. The average molecular weight is 393 g/mol. The van der Waals surface area contributed by atoms with E-state index in [-0.39, 0.29) is 5.56 Å². The molecule has 0 saturated heterocycles. The summed E-state index contributed by atoms with van der Waals surface area (Å²) in [5, 5.41) is 4.69. The first-order chi connectivity index (χ1) is 13.6. The Kier molecular flexibility index (Phi) is 4.79. The maximum Gasteiger partial charge on any atom is 0.272 e. The molecule has 0 bridgehead atoms. The maximum absolute atomic E-state index is 12.2. The van der Waals surface area contributed by atoms with Crippen molar-refractivity contribution in [3.63, 3.8) is 0 Å².